The number of amides is 1. The first-order valence-electron chi connectivity index (χ1n) is 7.93. The Morgan fingerprint density at radius 1 is 0.786 bits per heavy atom. The molecule has 0 aromatic carbocycles. The summed E-state index contributed by atoms with van der Waals surface area (Å²) in [6.45, 7) is 11.4. The number of nitrogens with zero attached hydrogens (tertiary/aromatic N) is 1. The van der Waals surface area contributed by atoms with E-state index in [1.807, 2.05) is 0 Å². The SMILES string of the molecule is C=CC(=O)N(C)C.C=CC(=O)OCC(CO)(COC(=O)C=C)COC(=O)C=C. The Labute approximate surface area is 164 Å². The van der Waals surface area contributed by atoms with Crippen molar-refractivity contribution in [3.63, 3.8) is 0 Å². The number of hydrogen-bond donors (Lipinski definition) is 1. The zero-order valence-corrected chi connectivity index (χ0v) is 16.2. The van der Waals surface area contributed by atoms with Crippen molar-refractivity contribution in [1.29, 1.82) is 0 Å². The number of rotatable bonds is 11. The topological polar surface area (TPSA) is 119 Å². The van der Waals surface area contributed by atoms with E-state index in [4.69, 9.17) is 14.2 Å². The summed E-state index contributed by atoms with van der Waals surface area (Å²) in [5.41, 5.74) is -1.28. The van der Waals surface area contributed by atoms with Crippen LogP contribution in [0.1, 0.15) is 0 Å². The number of aliphatic hydroxyl groups is 1. The average Bonchev–Trinajstić information content (AvgIpc) is 2.72. The summed E-state index contributed by atoms with van der Waals surface area (Å²) in [6, 6.07) is 0. The fourth-order valence-electron chi connectivity index (χ4n) is 1.29. The van der Waals surface area contributed by atoms with Crippen molar-refractivity contribution in [3.8, 4) is 0 Å². The Morgan fingerprint density at radius 2 is 1.11 bits per heavy atom. The third kappa shape index (κ3) is 12.2. The van der Waals surface area contributed by atoms with Gasteiger partial charge in [0.1, 0.15) is 19.8 Å². The Balaban J connectivity index is 0. The van der Waals surface area contributed by atoms with Gasteiger partial charge in [0.2, 0.25) is 5.91 Å². The quantitative estimate of drug-likeness (QED) is 0.302. The van der Waals surface area contributed by atoms with E-state index in [1.54, 1.807) is 14.1 Å². The highest BCUT2D eigenvalue weighted by molar-refractivity contribution is 5.86. The minimum absolute atomic E-state index is 0.0556. The Kier molecular flexibility index (Phi) is 14.4. The number of aliphatic hydroxyl groups excluding tert-OH is 1. The molecular formula is C19H27NO8. The van der Waals surface area contributed by atoms with Crippen molar-refractivity contribution >= 4 is 23.8 Å². The highest BCUT2D eigenvalue weighted by Gasteiger charge is 2.35. The van der Waals surface area contributed by atoms with Gasteiger partial charge in [-0.2, -0.15) is 0 Å². The number of carbonyl (C=O) groups is 4. The summed E-state index contributed by atoms with van der Waals surface area (Å²) in [4.78, 5) is 45.1. The lowest BCUT2D eigenvalue weighted by atomic mass is 9.92. The van der Waals surface area contributed by atoms with Crippen LogP contribution in [0.3, 0.4) is 0 Å². The van der Waals surface area contributed by atoms with Crippen molar-refractivity contribution in [1.82, 2.24) is 4.90 Å². The number of likely N-dealkylation sites (N-methyl/N-ethyl adjacent to an activating group) is 1. The van der Waals surface area contributed by atoms with E-state index in [-0.39, 0.29) is 25.7 Å². The van der Waals surface area contributed by atoms with Crippen LogP contribution in [-0.2, 0) is 33.4 Å². The van der Waals surface area contributed by atoms with E-state index >= 15 is 0 Å². The van der Waals surface area contributed by atoms with Gasteiger partial charge in [-0.05, 0) is 6.08 Å². The van der Waals surface area contributed by atoms with E-state index in [1.165, 1.54) is 11.0 Å². The molecule has 28 heavy (non-hydrogen) atoms. The molecule has 0 aromatic heterocycles. The van der Waals surface area contributed by atoms with E-state index in [2.05, 4.69) is 26.3 Å². The van der Waals surface area contributed by atoms with Crippen molar-refractivity contribution in [2.75, 3.05) is 40.5 Å². The molecule has 0 aromatic rings. The highest BCUT2D eigenvalue weighted by atomic mass is 16.6. The van der Waals surface area contributed by atoms with Gasteiger partial charge in [0, 0.05) is 32.3 Å². The summed E-state index contributed by atoms with van der Waals surface area (Å²) in [5, 5.41) is 9.48. The van der Waals surface area contributed by atoms with Crippen LogP contribution >= 0.6 is 0 Å². The first-order chi connectivity index (χ1) is 13.1. The molecule has 156 valence electrons. The maximum atomic E-state index is 11.1. The normalized spacial score (nSPS) is 9.54. The Bertz CT molecular complexity index is 535. The van der Waals surface area contributed by atoms with E-state index in [9.17, 15) is 24.3 Å². The zero-order valence-electron chi connectivity index (χ0n) is 16.2. The minimum atomic E-state index is -1.28. The van der Waals surface area contributed by atoms with Gasteiger partial charge in [-0.3, -0.25) is 4.79 Å². The van der Waals surface area contributed by atoms with Crippen LogP contribution in [0.15, 0.2) is 50.6 Å². The van der Waals surface area contributed by atoms with Crippen LogP contribution in [0.2, 0.25) is 0 Å². The molecule has 0 bridgehead atoms. The molecule has 0 saturated heterocycles. The lowest BCUT2D eigenvalue weighted by molar-refractivity contribution is -0.159. The largest absolute Gasteiger partial charge is 0.462 e. The van der Waals surface area contributed by atoms with Crippen LogP contribution in [0.5, 0.6) is 0 Å². The van der Waals surface area contributed by atoms with E-state index < -0.39 is 29.9 Å². The monoisotopic (exact) mass is 397 g/mol. The van der Waals surface area contributed by atoms with Crippen LogP contribution in [0.25, 0.3) is 0 Å². The second-order valence-electron chi connectivity index (χ2n) is 5.53. The molecule has 0 saturated carbocycles. The van der Waals surface area contributed by atoms with E-state index in [0.29, 0.717) is 0 Å². The second kappa shape index (κ2) is 14.9. The van der Waals surface area contributed by atoms with Crippen molar-refractivity contribution in [3.05, 3.63) is 50.6 Å². The molecule has 0 heterocycles. The van der Waals surface area contributed by atoms with E-state index in [0.717, 1.165) is 18.2 Å². The fourth-order valence-corrected chi connectivity index (χ4v) is 1.29. The lowest BCUT2D eigenvalue weighted by Gasteiger charge is -2.29. The molecular weight excluding hydrogens is 370 g/mol. The van der Waals surface area contributed by atoms with Crippen LogP contribution in [0, 0.1) is 5.41 Å². The highest BCUT2D eigenvalue weighted by Crippen LogP contribution is 2.19. The maximum absolute atomic E-state index is 11.1. The fraction of sp³-hybridized carbons (Fsp3) is 0.368. The van der Waals surface area contributed by atoms with Crippen molar-refractivity contribution < 1.29 is 38.5 Å². The van der Waals surface area contributed by atoms with Gasteiger partial charge >= 0.3 is 17.9 Å². The third-order valence-electron chi connectivity index (χ3n) is 3.01. The van der Waals surface area contributed by atoms with Gasteiger partial charge < -0.3 is 24.2 Å². The molecule has 9 heteroatoms. The van der Waals surface area contributed by atoms with Crippen molar-refractivity contribution in [2.24, 2.45) is 5.41 Å². The predicted octanol–water partition coefficient (Wildman–Crippen LogP) is 0.413. The standard InChI is InChI=1S/C14H18O7.C5H9NO/c1-4-11(16)19-8-14(7-15,9-20-12(17)5-2)10-21-13(18)6-3;1-4-5(7)6(2)3/h4-6,15H,1-3,7-10H2;4H,1H2,2-3H3. The molecule has 0 aliphatic heterocycles. The van der Waals surface area contributed by atoms with Gasteiger partial charge in [0.15, 0.2) is 0 Å². The minimum Gasteiger partial charge on any atom is -0.462 e. The second-order valence-corrected chi connectivity index (χ2v) is 5.53. The molecule has 0 spiro atoms. The summed E-state index contributed by atoms with van der Waals surface area (Å²) in [5.74, 6) is -2.23. The molecule has 1 N–H and O–H groups in total. The number of ether oxygens (including phenoxy) is 3. The van der Waals surface area contributed by atoms with Crippen LogP contribution < -0.4 is 0 Å². The molecule has 0 atom stereocenters. The Morgan fingerprint density at radius 3 is 1.25 bits per heavy atom. The smallest absolute Gasteiger partial charge is 0.330 e. The number of esters is 3. The first kappa shape index (κ1) is 27.0. The van der Waals surface area contributed by atoms with Gasteiger partial charge in [-0.1, -0.05) is 26.3 Å². The van der Waals surface area contributed by atoms with Crippen molar-refractivity contribution in [2.45, 2.75) is 0 Å². The summed E-state index contributed by atoms with van der Waals surface area (Å²) < 4.78 is 14.5. The summed E-state index contributed by atoms with van der Waals surface area (Å²) in [6.07, 6.45) is 4.09. The Hall–Kier alpha value is -3.20. The molecule has 0 aliphatic rings. The summed E-state index contributed by atoms with van der Waals surface area (Å²) >= 11 is 0. The molecule has 9 nitrogen and oxygen atoms in total. The van der Waals surface area contributed by atoms with Gasteiger partial charge in [-0.15, -0.1) is 0 Å². The maximum Gasteiger partial charge on any atom is 0.330 e. The summed E-state index contributed by atoms with van der Waals surface area (Å²) in [7, 11) is 3.37. The van der Waals surface area contributed by atoms with Crippen LogP contribution in [0.4, 0.5) is 0 Å². The zero-order chi connectivity index (χ0) is 22.2. The molecule has 0 unspecified atom stereocenters. The predicted molar refractivity (Wildman–Crippen MR) is 102 cm³/mol. The lowest BCUT2D eigenvalue weighted by Crippen LogP contribution is -2.42. The number of carbonyl (C=O) groups excluding carboxylic acids is 4. The molecule has 0 aliphatic carbocycles. The van der Waals surface area contributed by atoms with Gasteiger partial charge in [-0.25, -0.2) is 14.4 Å². The molecule has 0 radical (unpaired) electrons. The van der Waals surface area contributed by atoms with Gasteiger partial charge in [0.05, 0.1) is 12.0 Å². The van der Waals surface area contributed by atoms with Gasteiger partial charge in [0.25, 0.3) is 0 Å². The molecule has 0 rings (SSSR count). The number of hydrogen-bond acceptors (Lipinski definition) is 8. The molecule has 0 fully saturated rings. The average molecular weight is 397 g/mol. The third-order valence-corrected chi connectivity index (χ3v) is 3.01. The molecule has 1 amide bonds. The van der Waals surface area contributed by atoms with Crippen LogP contribution in [-0.4, -0.2) is 74.3 Å². The first-order valence-corrected chi connectivity index (χ1v) is 7.93.